The molecule has 4 heteroatoms. The fraction of sp³-hybridized carbons (Fsp3) is 0.750. The lowest BCUT2D eigenvalue weighted by atomic mass is 9.96. The Kier molecular flexibility index (Phi) is 6.24. The summed E-state index contributed by atoms with van der Waals surface area (Å²) >= 11 is 0. The van der Waals surface area contributed by atoms with Crippen LogP contribution in [0.15, 0.2) is 6.07 Å². The van der Waals surface area contributed by atoms with Gasteiger partial charge in [0.1, 0.15) is 17.5 Å². The maximum absolute atomic E-state index is 5.88. The topological polar surface area (TPSA) is 63.8 Å². The van der Waals surface area contributed by atoms with Crippen LogP contribution in [0.25, 0.3) is 0 Å². The lowest BCUT2D eigenvalue weighted by molar-refractivity contribution is 0.545. The third-order valence-corrected chi connectivity index (χ3v) is 3.30. The van der Waals surface area contributed by atoms with Crippen LogP contribution in [0.1, 0.15) is 72.5 Å². The molecule has 0 spiro atoms. The van der Waals surface area contributed by atoms with Gasteiger partial charge in [0.15, 0.2) is 0 Å². The van der Waals surface area contributed by atoms with Crippen LogP contribution in [0.5, 0.6) is 0 Å². The molecule has 1 rings (SSSR count). The van der Waals surface area contributed by atoms with E-state index in [9.17, 15) is 0 Å². The summed E-state index contributed by atoms with van der Waals surface area (Å²) in [6.45, 7) is 10.7. The van der Waals surface area contributed by atoms with E-state index in [0.29, 0.717) is 11.9 Å². The van der Waals surface area contributed by atoms with E-state index in [0.717, 1.165) is 18.1 Å². The molecule has 1 aromatic rings. The molecule has 1 heterocycles. The number of hydrogen-bond acceptors (Lipinski definition) is 4. The van der Waals surface area contributed by atoms with Crippen molar-refractivity contribution >= 4 is 11.6 Å². The summed E-state index contributed by atoms with van der Waals surface area (Å²) in [5, 5.41) is 3.44. The van der Waals surface area contributed by atoms with Crippen LogP contribution >= 0.6 is 0 Å². The molecular formula is C16H30N4. The molecule has 1 aromatic heterocycles. The minimum Gasteiger partial charge on any atom is -0.384 e. The maximum atomic E-state index is 5.88. The molecule has 0 aliphatic heterocycles. The van der Waals surface area contributed by atoms with Gasteiger partial charge in [-0.05, 0) is 13.3 Å². The van der Waals surface area contributed by atoms with E-state index in [1.54, 1.807) is 0 Å². The average Bonchev–Trinajstić information content (AvgIpc) is 2.33. The number of nitrogens with two attached hydrogens (primary N) is 1. The van der Waals surface area contributed by atoms with Crippen molar-refractivity contribution < 1.29 is 0 Å². The van der Waals surface area contributed by atoms with Crippen LogP contribution in [0.3, 0.4) is 0 Å². The minimum absolute atomic E-state index is 0.0871. The van der Waals surface area contributed by atoms with E-state index in [2.05, 4.69) is 49.9 Å². The highest BCUT2D eigenvalue weighted by atomic mass is 15.1. The molecule has 1 unspecified atom stereocenters. The normalized spacial score (nSPS) is 13.2. The summed E-state index contributed by atoms with van der Waals surface area (Å²) in [4.78, 5) is 8.91. The van der Waals surface area contributed by atoms with Gasteiger partial charge in [-0.3, -0.25) is 0 Å². The molecule has 0 saturated heterocycles. The van der Waals surface area contributed by atoms with E-state index in [-0.39, 0.29) is 5.41 Å². The molecule has 0 aliphatic carbocycles. The van der Waals surface area contributed by atoms with Gasteiger partial charge in [-0.1, -0.05) is 53.4 Å². The monoisotopic (exact) mass is 278 g/mol. The van der Waals surface area contributed by atoms with Crippen molar-refractivity contribution in [1.82, 2.24) is 9.97 Å². The van der Waals surface area contributed by atoms with E-state index < -0.39 is 0 Å². The first-order valence-electron chi connectivity index (χ1n) is 7.74. The molecule has 3 N–H and O–H groups in total. The summed E-state index contributed by atoms with van der Waals surface area (Å²) < 4.78 is 0. The van der Waals surface area contributed by atoms with Crippen LogP contribution in [0, 0.1) is 0 Å². The molecule has 0 saturated carbocycles. The highest BCUT2D eigenvalue weighted by Crippen LogP contribution is 2.21. The standard InChI is InChI=1S/C16H30N4/c1-6-7-8-9-10-12(2)18-14-11-13(17)19-15(20-14)16(3,4)5/h11-12H,6-10H2,1-5H3,(H3,17,18,19,20). The van der Waals surface area contributed by atoms with E-state index in [1.165, 1.54) is 25.7 Å². The number of aromatic nitrogens is 2. The largest absolute Gasteiger partial charge is 0.384 e. The van der Waals surface area contributed by atoms with Gasteiger partial charge in [0.25, 0.3) is 0 Å². The lowest BCUT2D eigenvalue weighted by Crippen LogP contribution is -2.21. The van der Waals surface area contributed by atoms with Gasteiger partial charge in [-0.2, -0.15) is 0 Å². The first-order valence-corrected chi connectivity index (χ1v) is 7.74. The van der Waals surface area contributed by atoms with Crippen molar-refractivity contribution in [1.29, 1.82) is 0 Å². The van der Waals surface area contributed by atoms with Crippen molar-refractivity contribution in [2.24, 2.45) is 0 Å². The van der Waals surface area contributed by atoms with E-state index in [1.807, 2.05) is 6.07 Å². The molecule has 20 heavy (non-hydrogen) atoms. The van der Waals surface area contributed by atoms with E-state index in [4.69, 9.17) is 5.73 Å². The molecule has 114 valence electrons. The molecule has 0 radical (unpaired) electrons. The Morgan fingerprint density at radius 2 is 1.90 bits per heavy atom. The number of anilines is 2. The summed E-state index contributed by atoms with van der Waals surface area (Å²) in [6, 6.07) is 2.23. The first-order chi connectivity index (χ1) is 9.32. The summed E-state index contributed by atoms with van der Waals surface area (Å²) in [7, 11) is 0. The number of unbranched alkanes of at least 4 members (excludes halogenated alkanes) is 3. The number of hydrogen-bond donors (Lipinski definition) is 2. The van der Waals surface area contributed by atoms with Gasteiger partial charge in [0, 0.05) is 17.5 Å². The Balaban J connectivity index is 2.61. The zero-order valence-corrected chi connectivity index (χ0v) is 13.7. The van der Waals surface area contributed by atoms with Crippen LogP contribution in [-0.2, 0) is 5.41 Å². The molecular weight excluding hydrogens is 248 g/mol. The number of rotatable bonds is 7. The van der Waals surface area contributed by atoms with Crippen LogP contribution in [-0.4, -0.2) is 16.0 Å². The summed E-state index contributed by atoms with van der Waals surface area (Å²) in [6.07, 6.45) is 6.33. The number of nitrogens with zero attached hydrogens (tertiary/aromatic N) is 2. The zero-order chi connectivity index (χ0) is 15.2. The first kappa shape index (κ1) is 16.7. The third-order valence-electron chi connectivity index (χ3n) is 3.30. The Hall–Kier alpha value is -1.32. The summed E-state index contributed by atoms with van der Waals surface area (Å²) in [5.41, 5.74) is 5.79. The van der Waals surface area contributed by atoms with Crippen molar-refractivity contribution in [3.63, 3.8) is 0 Å². The fourth-order valence-corrected chi connectivity index (χ4v) is 2.08. The molecule has 4 nitrogen and oxygen atoms in total. The Labute approximate surface area is 123 Å². The highest BCUT2D eigenvalue weighted by molar-refractivity contribution is 5.45. The molecule has 0 aliphatic rings. The fourth-order valence-electron chi connectivity index (χ4n) is 2.08. The van der Waals surface area contributed by atoms with Crippen molar-refractivity contribution in [2.45, 2.75) is 78.2 Å². The zero-order valence-electron chi connectivity index (χ0n) is 13.7. The Bertz CT molecular complexity index is 409. The molecule has 0 bridgehead atoms. The second kappa shape index (κ2) is 7.46. The second-order valence-electron chi connectivity index (χ2n) is 6.65. The van der Waals surface area contributed by atoms with Gasteiger partial charge in [0.05, 0.1) is 0 Å². The minimum atomic E-state index is -0.0871. The van der Waals surface area contributed by atoms with Crippen LogP contribution in [0.4, 0.5) is 11.6 Å². The van der Waals surface area contributed by atoms with E-state index >= 15 is 0 Å². The highest BCUT2D eigenvalue weighted by Gasteiger charge is 2.19. The SMILES string of the molecule is CCCCCCC(C)Nc1cc(N)nc(C(C)(C)C)n1. The van der Waals surface area contributed by atoms with Crippen molar-refractivity contribution in [3.05, 3.63) is 11.9 Å². The predicted octanol–water partition coefficient (Wildman–Crippen LogP) is 4.13. The molecule has 0 aromatic carbocycles. The number of nitrogen functional groups attached to an aromatic ring is 1. The van der Waals surface area contributed by atoms with Gasteiger partial charge in [-0.25, -0.2) is 9.97 Å². The Morgan fingerprint density at radius 3 is 2.50 bits per heavy atom. The third kappa shape index (κ3) is 5.76. The molecule has 0 amide bonds. The van der Waals surface area contributed by atoms with Gasteiger partial charge < -0.3 is 11.1 Å². The van der Waals surface area contributed by atoms with Gasteiger partial charge in [0.2, 0.25) is 0 Å². The van der Waals surface area contributed by atoms with Crippen LogP contribution < -0.4 is 11.1 Å². The van der Waals surface area contributed by atoms with Crippen LogP contribution in [0.2, 0.25) is 0 Å². The van der Waals surface area contributed by atoms with Crippen molar-refractivity contribution in [2.75, 3.05) is 11.1 Å². The second-order valence-corrected chi connectivity index (χ2v) is 6.65. The van der Waals surface area contributed by atoms with Gasteiger partial charge in [-0.15, -0.1) is 0 Å². The predicted molar refractivity (Wildman–Crippen MR) is 87.0 cm³/mol. The average molecular weight is 278 g/mol. The smallest absolute Gasteiger partial charge is 0.138 e. The summed E-state index contributed by atoms with van der Waals surface area (Å²) in [5.74, 6) is 2.16. The number of nitrogens with one attached hydrogen (secondary N) is 1. The lowest BCUT2D eigenvalue weighted by Gasteiger charge is -2.20. The maximum Gasteiger partial charge on any atom is 0.138 e. The Morgan fingerprint density at radius 1 is 1.20 bits per heavy atom. The quantitative estimate of drug-likeness (QED) is 0.736. The van der Waals surface area contributed by atoms with Gasteiger partial charge >= 0.3 is 0 Å². The molecule has 0 fully saturated rings. The van der Waals surface area contributed by atoms with Crippen molar-refractivity contribution in [3.8, 4) is 0 Å². The molecule has 1 atom stereocenters.